The van der Waals surface area contributed by atoms with Crippen LogP contribution in [0, 0.1) is 11.8 Å². The Morgan fingerprint density at radius 3 is 0.864 bits per heavy atom. The van der Waals surface area contributed by atoms with Gasteiger partial charge in [-0.15, -0.1) is 0 Å². The fourth-order valence-corrected chi connectivity index (χ4v) is 12.0. The summed E-state index contributed by atoms with van der Waals surface area (Å²) in [6.07, 6.45) is 45.8. The van der Waals surface area contributed by atoms with Gasteiger partial charge in [-0.1, -0.05) is 298 Å². The summed E-state index contributed by atoms with van der Waals surface area (Å²) in [6.45, 7) is 9.46. The first-order chi connectivity index (χ1) is 42.4. The Hall–Kier alpha value is -1.94. The summed E-state index contributed by atoms with van der Waals surface area (Å²) < 4.78 is 68.2. The van der Waals surface area contributed by atoms with E-state index in [1.807, 2.05) is 0 Å². The Labute approximate surface area is 537 Å². The van der Waals surface area contributed by atoms with Gasteiger partial charge in [-0.05, 0) is 37.5 Å². The Kier molecular flexibility index (Phi) is 59.9. The number of aliphatic hydroxyl groups excluding tert-OH is 1. The zero-order chi connectivity index (χ0) is 65.0. The second-order valence-corrected chi connectivity index (χ2v) is 28.5. The number of rotatable bonds is 68. The maximum Gasteiger partial charge on any atom is 0.472 e. The van der Waals surface area contributed by atoms with Crippen LogP contribution in [0.3, 0.4) is 0 Å². The molecule has 0 aliphatic rings. The number of carbonyl (C=O) groups is 4. The molecule has 0 aromatic heterocycles. The van der Waals surface area contributed by atoms with Gasteiger partial charge in [0, 0.05) is 25.7 Å². The molecule has 0 aliphatic heterocycles. The van der Waals surface area contributed by atoms with Crippen LogP contribution in [-0.2, 0) is 65.4 Å². The van der Waals surface area contributed by atoms with Crippen LogP contribution in [-0.4, -0.2) is 96.7 Å². The van der Waals surface area contributed by atoms with Crippen molar-refractivity contribution in [3.05, 3.63) is 0 Å². The van der Waals surface area contributed by atoms with Gasteiger partial charge in [0.15, 0.2) is 12.2 Å². The molecule has 0 rings (SSSR count). The van der Waals surface area contributed by atoms with Crippen molar-refractivity contribution in [3.8, 4) is 0 Å². The van der Waals surface area contributed by atoms with Crippen molar-refractivity contribution in [2.75, 3.05) is 39.6 Å². The van der Waals surface area contributed by atoms with Crippen molar-refractivity contribution in [2.24, 2.45) is 11.8 Å². The largest absolute Gasteiger partial charge is 0.472 e. The fraction of sp³-hybridized carbons (Fsp3) is 0.942. The molecular weight excluding hydrogens is 1160 g/mol. The molecule has 6 atom stereocenters. The number of hydrogen-bond acceptors (Lipinski definition) is 15. The van der Waals surface area contributed by atoms with Crippen LogP contribution >= 0.6 is 15.6 Å². The SMILES string of the molecule is CCCCCCCCCCCCCCCCC(=O)O[C@H](COC(=O)CCCCCCCCCCCCCCC)COP(=O)(O)OC[C@@H](O)COP(=O)(O)OC[C@@H](COC(=O)CCCCCCCCC(C)CC)OC(=O)CCCCCCCCCCC(C)C. The minimum atomic E-state index is -4.95. The van der Waals surface area contributed by atoms with Crippen molar-refractivity contribution < 1.29 is 80.2 Å². The third kappa shape index (κ3) is 61.6. The second-order valence-electron chi connectivity index (χ2n) is 25.6. The van der Waals surface area contributed by atoms with Crippen molar-refractivity contribution in [1.82, 2.24) is 0 Å². The van der Waals surface area contributed by atoms with Gasteiger partial charge in [0.2, 0.25) is 0 Å². The van der Waals surface area contributed by atoms with Crippen LogP contribution in [0.2, 0.25) is 0 Å². The average Bonchev–Trinajstić information content (AvgIpc) is 3.53. The minimum absolute atomic E-state index is 0.104. The van der Waals surface area contributed by atoms with Gasteiger partial charge in [0.1, 0.15) is 19.3 Å². The topological polar surface area (TPSA) is 237 Å². The van der Waals surface area contributed by atoms with Gasteiger partial charge in [-0.3, -0.25) is 37.3 Å². The third-order valence-corrected chi connectivity index (χ3v) is 18.2. The van der Waals surface area contributed by atoms with E-state index in [-0.39, 0.29) is 25.7 Å². The van der Waals surface area contributed by atoms with Crippen LogP contribution in [0.4, 0.5) is 0 Å². The number of esters is 4. The van der Waals surface area contributed by atoms with Crippen LogP contribution in [0.15, 0.2) is 0 Å². The van der Waals surface area contributed by atoms with E-state index >= 15 is 0 Å². The first kappa shape index (κ1) is 86.1. The number of phosphoric ester groups is 2. The summed E-state index contributed by atoms with van der Waals surface area (Å²) >= 11 is 0. The zero-order valence-electron chi connectivity index (χ0n) is 57.0. The summed E-state index contributed by atoms with van der Waals surface area (Å²) in [5, 5.41) is 10.6. The van der Waals surface area contributed by atoms with E-state index in [1.54, 1.807) is 0 Å². The molecule has 17 nitrogen and oxygen atoms in total. The molecule has 88 heavy (non-hydrogen) atoms. The minimum Gasteiger partial charge on any atom is -0.462 e. The smallest absolute Gasteiger partial charge is 0.462 e. The number of hydrogen-bond donors (Lipinski definition) is 3. The summed E-state index contributed by atoms with van der Waals surface area (Å²) in [5.74, 6) is -0.677. The lowest BCUT2D eigenvalue weighted by atomic mass is 10.00. The van der Waals surface area contributed by atoms with Crippen molar-refractivity contribution >= 4 is 39.5 Å². The van der Waals surface area contributed by atoms with E-state index in [0.717, 1.165) is 108 Å². The highest BCUT2D eigenvalue weighted by Gasteiger charge is 2.30. The van der Waals surface area contributed by atoms with Crippen LogP contribution in [0.5, 0.6) is 0 Å². The number of unbranched alkanes of at least 4 members (excludes halogenated alkanes) is 37. The molecule has 0 heterocycles. The molecule has 0 saturated heterocycles. The Bertz CT molecular complexity index is 1720. The molecule has 0 amide bonds. The van der Waals surface area contributed by atoms with Crippen LogP contribution in [0.25, 0.3) is 0 Å². The van der Waals surface area contributed by atoms with E-state index in [2.05, 4.69) is 41.5 Å². The Balaban J connectivity index is 5.25. The summed E-state index contributed by atoms with van der Waals surface area (Å²) in [6, 6.07) is 0. The van der Waals surface area contributed by atoms with E-state index < -0.39 is 97.5 Å². The lowest BCUT2D eigenvalue weighted by molar-refractivity contribution is -0.161. The normalized spacial score (nSPS) is 14.5. The monoisotopic (exact) mass is 1300 g/mol. The highest BCUT2D eigenvalue weighted by Crippen LogP contribution is 2.45. The van der Waals surface area contributed by atoms with Crippen molar-refractivity contribution in [3.63, 3.8) is 0 Å². The van der Waals surface area contributed by atoms with E-state index in [9.17, 15) is 43.2 Å². The number of carbonyl (C=O) groups excluding carboxylic acids is 4. The van der Waals surface area contributed by atoms with Crippen molar-refractivity contribution in [1.29, 1.82) is 0 Å². The molecule has 19 heteroatoms. The predicted molar refractivity (Wildman–Crippen MR) is 354 cm³/mol. The van der Waals surface area contributed by atoms with Gasteiger partial charge in [0.05, 0.1) is 26.4 Å². The molecule has 0 aromatic rings. The maximum absolute atomic E-state index is 13.0. The van der Waals surface area contributed by atoms with Crippen molar-refractivity contribution in [2.45, 2.75) is 368 Å². The Morgan fingerprint density at radius 2 is 0.580 bits per heavy atom. The lowest BCUT2D eigenvalue weighted by Crippen LogP contribution is -2.30. The van der Waals surface area contributed by atoms with Crippen LogP contribution < -0.4 is 0 Å². The number of phosphoric acid groups is 2. The molecule has 0 spiro atoms. The summed E-state index contributed by atoms with van der Waals surface area (Å²) in [7, 11) is -9.90. The van der Waals surface area contributed by atoms with E-state index in [4.69, 9.17) is 37.0 Å². The van der Waals surface area contributed by atoms with Gasteiger partial charge in [-0.25, -0.2) is 9.13 Å². The third-order valence-electron chi connectivity index (χ3n) is 16.3. The molecule has 0 aliphatic carbocycles. The molecule has 0 fully saturated rings. The van der Waals surface area contributed by atoms with E-state index in [0.29, 0.717) is 25.7 Å². The zero-order valence-corrected chi connectivity index (χ0v) is 58.8. The molecule has 0 saturated carbocycles. The highest BCUT2D eigenvalue weighted by atomic mass is 31.2. The first-order valence-electron chi connectivity index (χ1n) is 36.0. The number of aliphatic hydroxyl groups is 1. The average molecular weight is 1300 g/mol. The highest BCUT2D eigenvalue weighted by molar-refractivity contribution is 7.47. The quantitative estimate of drug-likeness (QED) is 0.0222. The Morgan fingerprint density at radius 1 is 0.330 bits per heavy atom. The predicted octanol–water partition coefficient (Wildman–Crippen LogP) is 19.6. The molecule has 3 unspecified atom stereocenters. The maximum atomic E-state index is 13.0. The molecule has 0 radical (unpaired) electrons. The molecule has 522 valence electrons. The molecular formula is C69H134O17P2. The lowest BCUT2D eigenvalue weighted by Gasteiger charge is -2.21. The standard InChI is InChI=1S/C69H134O17P2/c1-7-10-12-14-16-18-20-22-24-26-28-33-41-47-53-68(73)85-64(57-79-66(71)51-45-39-32-27-25-23-21-19-17-15-13-11-8-2)59-83-87(75,76)81-55-63(70)56-82-88(77,78)84-60-65(58-80-67(72)52-46-40-36-35-38-44-50-62(6)9-3)86-69(74)54-48-42-34-30-29-31-37-43-49-61(4)5/h61-65,70H,7-60H2,1-6H3,(H,75,76)(H,77,78)/t62?,63-,64-,65-/m1/s1. The fourth-order valence-electron chi connectivity index (χ4n) is 10.4. The summed E-state index contributed by atoms with van der Waals surface area (Å²) in [5.41, 5.74) is 0. The van der Waals surface area contributed by atoms with Crippen LogP contribution in [0.1, 0.15) is 350 Å². The van der Waals surface area contributed by atoms with Gasteiger partial charge in [-0.2, -0.15) is 0 Å². The first-order valence-corrected chi connectivity index (χ1v) is 39.0. The molecule has 0 bridgehead atoms. The molecule has 3 N–H and O–H groups in total. The van der Waals surface area contributed by atoms with Gasteiger partial charge < -0.3 is 33.8 Å². The van der Waals surface area contributed by atoms with E-state index in [1.165, 1.54) is 161 Å². The van der Waals surface area contributed by atoms with Gasteiger partial charge >= 0.3 is 39.5 Å². The second kappa shape index (κ2) is 61.3. The summed E-state index contributed by atoms with van der Waals surface area (Å²) in [4.78, 5) is 72.5. The molecule has 0 aromatic carbocycles. The number of ether oxygens (including phenoxy) is 4. The van der Waals surface area contributed by atoms with Gasteiger partial charge in [0.25, 0.3) is 0 Å².